The van der Waals surface area contributed by atoms with E-state index in [0.29, 0.717) is 6.04 Å². The van der Waals surface area contributed by atoms with Crippen molar-refractivity contribution >= 4 is 22.9 Å². The van der Waals surface area contributed by atoms with Gasteiger partial charge in [0, 0.05) is 29.7 Å². The third-order valence-corrected chi connectivity index (χ3v) is 4.19. The number of aromatic nitrogens is 1. The van der Waals surface area contributed by atoms with Crippen molar-refractivity contribution in [2.24, 2.45) is 0 Å². The SMILES string of the molecule is CCNC(Cc1ccc(Cl)s1)c1cnccc1C. The van der Waals surface area contributed by atoms with Crippen LogP contribution in [-0.2, 0) is 6.42 Å². The molecule has 2 aromatic heterocycles. The highest BCUT2D eigenvalue weighted by molar-refractivity contribution is 7.16. The quantitative estimate of drug-likeness (QED) is 0.895. The summed E-state index contributed by atoms with van der Waals surface area (Å²) in [6.07, 6.45) is 4.75. The lowest BCUT2D eigenvalue weighted by atomic mass is 10.0. The zero-order valence-corrected chi connectivity index (χ0v) is 12.2. The third kappa shape index (κ3) is 3.31. The van der Waals surface area contributed by atoms with E-state index in [1.54, 1.807) is 11.3 Å². The first-order valence-electron chi connectivity index (χ1n) is 6.08. The summed E-state index contributed by atoms with van der Waals surface area (Å²) in [5.41, 5.74) is 2.54. The van der Waals surface area contributed by atoms with Crippen LogP contribution in [0.3, 0.4) is 0 Å². The zero-order valence-electron chi connectivity index (χ0n) is 10.6. The third-order valence-electron chi connectivity index (χ3n) is 2.94. The van der Waals surface area contributed by atoms with E-state index in [9.17, 15) is 0 Å². The van der Waals surface area contributed by atoms with Crippen molar-refractivity contribution in [3.8, 4) is 0 Å². The molecule has 1 unspecified atom stereocenters. The molecule has 0 aliphatic carbocycles. The van der Waals surface area contributed by atoms with E-state index in [2.05, 4.69) is 36.3 Å². The normalized spacial score (nSPS) is 12.6. The first kappa shape index (κ1) is 13.5. The van der Waals surface area contributed by atoms with Crippen LogP contribution in [0, 0.1) is 6.92 Å². The molecule has 2 aromatic rings. The monoisotopic (exact) mass is 280 g/mol. The molecule has 0 aliphatic rings. The highest BCUT2D eigenvalue weighted by Gasteiger charge is 2.14. The molecule has 2 nitrogen and oxygen atoms in total. The first-order chi connectivity index (χ1) is 8.70. The number of nitrogens with zero attached hydrogens (tertiary/aromatic N) is 1. The van der Waals surface area contributed by atoms with Crippen LogP contribution in [0.4, 0.5) is 0 Å². The summed E-state index contributed by atoms with van der Waals surface area (Å²) in [4.78, 5) is 5.53. The van der Waals surface area contributed by atoms with Crippen molar-refractivity contribution in [1.82, 2.24) is 10.3 Å². The Hall–Kier alpha value is -0.900. The van der Waals surface area contributed by atoms with Gasteiger partial charge in [0.2, 0.25) is 0 Å². The molecule has 0 aromatic carbocycles. The number of pyridine rings is 1. The van der Waals surface area contributed by atoms with Crippen LogP contribution in [0.25, 0.3) is 0 Å². The Labute approximate surface area is 117 Å². The highest BCUT2D eigenvalue weighted by atomic mass is 35.5. The molecule has 0 radical (unpaired) electrons. The minimum atomic E-state index is 0.304. The molecule has 0 aliphatic heterocycles. The van der Waals surface area contributed by atoms with Gasteiger partial charge in [-0.25, -0.2) is 0 Å². The Morgan fingerprint density at radius 1 is 1.39 bits per heavy atom. The van der Waals surface area contributed by atoms with Crippen LogP contribution < -0.4 is 5.32 Å². The summed E-state index contributed by atoms with van der Waals surface area (Å²) < 4.78 is 0.850. The second-order valence-corrected chi connectivity index (χ2v) is 6.05. The minimum Gasteiger partial charge on any atom is -0.310 e. The lowest BCUT2D eigenvalue weighted by Gasteiger charge is -2.19. The van der Waals surface area contributed by atoms with Gasteiger partial charge in [-0.15, -0.1) is 11.3 Å². The van der Waals surface area contributed by atoms with Crippen molar-refractivity contribution in [2.75, 3.05) is 6.54 Å². The number of hydrogen-bond donors (Lipinski definition) is 1. The van der Waals surface area contributed by atoms with Gasteiger partial charge in [0.05, 0.1) is 4.34 Å². The maximum absolute atomic E-state index is 5.98. The Balaban J connectivity index is 2.20. The van der Waals surface area contributed by atoms with Gasteiger partial charge in [0.25, 0.3) is 0 Å². The van der Waals surface area contributed by atoms with Gasteiger partial charge in [-0.3, -0.25) is 4.98 Å². The Bertz CT molecular complexity index is 510. The van der Waals surface area contributed by atoms with Gasteiger partial charge in [0.1, 0.15) is 0 Å². The van der Waals surface area contributed by atoms with Crippen LogP contribution >= 0.6 is 22.9 Å². The number of likely N-dealkylation sites (N-methyl/N-ethyl adjacent to an activating group) is 1. The molecule has 2 rings (SSSR count). The molecule has 1 N–H and O–H groups in total. The van der Waals surface area contributed by atoms with Crippen LogP contribution in [0.15, 0.2) is 30.6 Å². The second kappa shape index (κ2) is 6.32. The van der Waals surface area contributed by atoms with E-state index in [4.69, 9.17) is 11.6 Å². The summed E-state index contributed by atoms with van der Waals surface area (Å²) in [6.45, 7) is 5.20. The van der Waals surface area contributed by atoms with Crippen molar-refractivity contribution in [3.63, 3.8) is 0 Å². The van der Waals surface area contributed by atoms with Crippen LogP contribution in [0.5, 0.6) is 0 Å². The summed E-state index contributed by atoms with van der Waals surface area (Å²) >= 11 is 7.63. The molecule has 2 heterocycles. The van der Waals surface area contributed by atoms with Crippen molar-refractivity contribution in [3.05, 3.63) is 50.9 Å². The van der Waals surface area contributed by atoms with E-state index < -0.39 is 0 Å². The molecule has 0 fully saturated rings. The molecule has 96 valence electrons. The molecule has 0 saturated heterocycles. The fourth-order valence-electron chi connectivity index (χ4n) is 2.04. The fraction of sp³-hybridized carbons (Fsp3) is 0.357. The minimum absolute atomic E-state index is 0.304. The largest absolute Gasteiger partial charge is 0.310 e. The molecule has 0 bridgehead atoms. The number of nitrogens with one attached hydrogen (secondary N) is 1. The van der Waals surface area contributed by atoms with Crippen molar-refractivity contribution in [2.45, 2.75) is 26.3 Å². The highest BCUT2D eigenvalue weighted by Crippen LogP contribution is 2.27. The standard InChI is InChI=1S/C14H17ClN2S/c1-3-17-13(8-11-4-5-14(15)18-11)12-9-16-7-6-10(12)2/h4-7,9,13,17H,3,8H2,1-2H3. The molecule has 1 atom stereocenters. The molecular weight excluding hydrogens is 264 g/mol. The summed E-state index contributed by atoms with van der Waals surface area (Å²) in [7, 11) is 0. The molecule has 0 amide bonds. The smallest absolute Gasteiger partial charge is 0.0931 e. The van der Waals surface area contributed by atoms with Crippen molar-refractivity contribution in [1.29, 1.82) is 0 Å². The molecule has 0 spiro atoms. The maximum Gasteiger partial charge on any atom is 0.0931 e. The summed E-state index contributed by atoms with van der Waals surface area (Å²) in [6, 6.07) is 6.42. The molecule has 0 saturated carbocycles. The van der Waals surface area contributed by atoms with Gasteiger partial charge in [-0.1, -0.05) is 18.5 Å². The molecule has 18 heavy (non-hydrogen) atoms. The molecular formula is C14H17ClN2S. The van der Waals surface area contributed by atoms with Gasteiger partial charge in [-0.05, 0) is 42.8 Å². The van der Waals surface area contributed by atoms with E-state index in [1.807, 2.05) is 18.5 Å². The maximum atomic E-state index is 5.98. The average Bonchev–Trinajstić information content (AvgIpc) is 2.75. The van der Waals surface area contributed by atoms with Crippen LogP contribution in [0.1, 0.15) is 29.0 Å². The van der Waals surface area contributed by atoms with Gasteiger partial charge < -0.3 is 5.32 Å². The van der Waals surface area contributed by atoms with E-state index >= 15 is 0 Å². The number of aryl methyl sites for hydroxylation is 1. The molecule has 4 heteroatoms. The fourth-order valence-corrected chi connectivity index (χ4v) is 3.18. The van der Waals surface area contributed by atoms with E-state index in [1.165, 1.54) is 16.0 Å². The summed E-state index contributed by atoms with van der Waals surface area (Å²) in [5.74, 6) is 0. The van der Waals surface area contributed by atoms with Crippen LogP contribution in [0.2, 0.25) is 4.34 Å². The topological polar surface area (TPSA) is 24.9 Å². The number of hydrogen-bond acceptors (Lipinski definition) is 3. The van der Waals surface area contributed by atoms with E-state index in [-0.39, 0.29) is 0 Å². The van der Waals surface area contributed by atoms with Crippen LogP contribution in [-0.4, -0.2) is 11.5 Å². The van der Waals surface area contributed by atoms with E-state index in [0.717, 1.165) is 17.3 Å². The second-order valence-electron chi connectivity index (χ2n) is 4.25. The van der Waals surface area contributed by atoms with Crippen molar-refractivity contribution < 1.29 is 0 Å². The Morgan fingerprint density at radius 2 is 2.22 bits per heavy atom. The summed E-state index contributed by atoms with van der Waals surface area (Å²) in [5, 5.41) is 3.52. The first-order valence-corrected chi connectivity index (χ1v) is 7.28. The predicted molar refractivity (Wildman–Crippen MR) is 78.4 cm³/mol. The van der Waals surface area contributed by atoms with Gasteiger partial charge in [-0.2, -0.15) is 0 Å². The number of thiophene rings is 1. The number of halogens is 1. The Morgan fingerprint density at radius 3 is 2.83 bits per heavy atom. The van der Waals surface area contributed by atoms with Gasteiger partial charge in [0.15, 0.2) is 0 Å². The predicted octanol–water partition coefficient (Wildman–Crippen LogP) is 4.00. The van der Waals surface area contributed by atoms with Gasteiger partial charge >= 0.3 is 0 Å². The average molecular weight is 281 g/mol. The zero-order chi connectivity index (χ0) is 13.0. The lowest BCUT2D eigenvalue weighted by Crippen LogP contribution is -2.23. The lowest BCUT2D eigenvalue weighted by molar-refractivity contribution is 0.549. The number of rotatable bonds is 5. The Kier molecular flexibility index (Phi) is 4.75.